The number of oxazole rings is 1. The second-order valence-corrected chi connectivity index (χ2v) is 8.05. The standard InChI is InChI=1S/C23H21F3N4O3/c1-14-10-18(29-30(14)12-15-8-9-27-20(11-15)22(2,3)31)21-28-19(13-32-21)16-4-6-17(7-5-16)33-23(24,25)26/h4-11,13,31H,12H2,1-3H3. The maximum Gasteiger partial charge on any atom is 0.573 e. The van der Waals surface area contributed by atoms with E-state index >= 15 is 0 Å². The number of rotatable bonds is 6. The summed E-state index contributed by atoms with van der Waals surface area (Å²) in [7, 11) is 0. The molecule has 0 unspecified atom stereocenters. The number of aliphatic hydroxyl groups is 1. The summed E-state index contributed by atoms with van der Waals surface area (Å²) in [6.07, 6.45) is -1.68. The van der Waals surface area contributed by atoms with Gasteiger partial charge < -0.3 is 14.3 Å². The van der Waals surface area contributed by atoms with Crippen molar-refractivity contribution in [3.8, 4) is 28.6 Å². The third kappa shape index (κ3) is 5.40. The highest BCUT2D eigenvalue weighted by Gasteiger charge is 2.31. The van der Waals surface area contributed by atoms with Gasteiger partial charge in [-0.15, -0.1) is 13.2 Å². The Labute approximate surface area is 187 Å². The number of hydrogen-bond donors (Lipinski definition) is 1. The fourth-order valence-electron chi connectivity index (χ4n) is 3.21. The smallest absolute Gasteiger partial charge is 0.443 e. The zero-order valence-electron chi connectivity index (χ0n) is 18.1. The first-order valence-corrected chi connectivity index (χ1v) is 10.0. The Balaban J connectivity index is 1.52. The monoisotopic (exact) mass is 458 g/mol. The van der Waals surface area contributed by atoms with E-state index in [-0.39, 0.29) is 11.6 Å². The molecule has 0 fully saturated rings. The summed E-state index contributed by atoms with van der Waals surface area (Å²) in [5.74, 6) is -0.0254. The Hall–Kier alpha value is -3.66. The third-order valence-corrected chi connectivity index (χ3v) is 4.87. The van der Waals surface area contributed by atoms with Gasteiger partial charge in [0.1, 0.15) is 29.0 Å². The van der Waals surface area contributed by atoms with Crippen molar-refractivity contribution in [2.24, 2.45) is 0 Å². The van der Waals surface area contributed by atoms with Crippen LogP contribution >= 0.6 is 0 Å². The largest absolute Gasteiger partial charge is 0.573 e. The average molecular weight is 458 g/mol. The lowest BCUT2D eigenvalue weighted by Crippen LogP contribution is -2.18. The highest BCUT2D eigenvalue weighted by atomic mass is 19.4. The van der Waals surface area contributed by atoms with E-state index < -0.39 is 12.0 Å². The van der Waals surface area contributed by atoms with E-state index in [9.17, 15) is 18.3 Å². The maximum absolute atomic E-state index is 12.3. The van der Waals surface area contributed by atoms with E-state index in [0.29, 0.717) is 29.2 Å². The van der Waals surface area contributed by atoms with Crippen LogP contribution in [0.2, 0.25) is 0 Å². The van der Waals surface area contributed by atoms with Crippen LogP contribution in [0.5, 0.6) is 5.75 Å². The number of aromatic nitrogens is 4. The number of hydrogen-bond acceptors (Lipinski definition) is 6. The Morgan fingerprint density at radius 1 is 1.06 bits per heavy atom. The van der Waals surface area contributed by atoms with Crippen molar-refractivity contribution in [3.05, 3.63) is 71.9 Å². The van der Waals surface area contributed by atoms with Crippen LogP contribution < -0.4 is 4.74 Å². The molecular weight excluding hydrogens is 437 g/mol. The van der Waals surface area contributed by atoms with Crippen LogP contribution in [0.3, 0.4) is 0 Å². The predicted octanol–water partition coefficient (Wildman–Crippen LogP) is 5.08. The number of ether oxygens (including phenoxy) is 1. The van der Waals surface area contributed by atoms with E-state index in [4.69, 9.17) is 4.42 Å². The van der Waals surface area contributed by atoms with Gasteiger partial charge in [0, 0.05) is 17.5 Å². The number of benzene rings is 1. The first-order valence-electron chi connectivity index (χ1n) is 10.0. The molecule has 0 aliphatic heterocycles. The van der Waals surface area contributed by atoms with E-state index in [1.807, 2.05) is 25.1 Å². The van der Waals surface area contributed by atoms with Gasteiger partial charge in [-0.2, -0.15) is 5.10 Å². The van der Waals surface area contributed by atoms with Crippen LogP contribution in [0.1, 0.15) is 30.8 Å². The van der Waals surface area contributed by atoms with Gasteiger partial charge in [-0.25, -0.2) is 4.98 Å². The van der Waals surface area contributed by atoms with Gasteiger partial charge >= 0.3 is 6.36 Å². The zero-order chi connectivity index (χ0) is 23.8. The quantitative estimate of drug-likeness (QED) is 0.434. The Morgan fingerprint density at radius 2 is 1.79 bits per heavy atom. The van der Waals surface area contributed by atoms with Crippen LogP contribution in [0.25, 0.3) is 22.8 Å². The summed E-state index contributed by atoms with van der Waals surface area (Å²) in [5, 5.41) is 14.7. The minimum Gasteiger partial charge on any atom is -0.443 e. The minimum atomic E-state index is -4.74. The van der Waals surface area contributed by atoms with Gasteiger partial charge in [-0.3, -0.25) is 9.67 Å². The molecule has 0 radical (unpaired) electrons. The molecule has 0 saturated heterocycles. The number of halogens is 3. The first-order chi connectivity index (χ1) is 15.5. The molecule has 33 heavy (non-hydrogen) atoms. The molecule has 4 rings (SSSR count). The molecule has 172 valence electrons. The third-order valence-electron chi connectivity index (χ3n) is 4.87. The fourth-order valence-corrected chi connectivity index (χ4v) is 3.21. The normalized spacial score (nSPS) is 12.2. The van der Waals surface area contributed by atoms with E-state index in [2.05, 4.69) is 19.8 Å². The summed E-state index contributed by atoms with van der Waals surface area (Å²) in [6.45, 7) is 5.71. The maximum atomic E-state index is 12.3. The van der Waals surface area contributed by atoms with Gasteiger partial charge in [-0.05, 0) is 68.8 Å². The lowest BCUT2D eigenvalue weighted by Gasteiger charge is -2.17. The molecule has 0 amide bonds. The van der Waals surface area contributed by atoms with Crippen molar-refractivity contribution in [1.82, 2.24) is 19.7 Å². The van der Waals surface area contributed by atoms with Crippen molar-refractivity contribution in [2.45, 2.75) is 39.3 Å². The Bertz CT molecular complexity index is 1260. The first kappa shape index (κ1) is 22.5. The van der Waals surface area contributed by atoms with Gasteiger partial charge in [0.25, 0.3) is 0 Å². The molecule has 0 bridgehead atoms. The molecule has 1 N–H and O–H groups in total. The molecule has 3 heterocycles. The topological polar surface area (TPSA) is 86.2 Å². The molecule has 7 nitrogen and oxygen atoms in total. The van der Waals surface area contributed by atoms with Crippen molar-refractivity contribution in [1.29, 1.82) is 0 Å². The Morgan fingerprint density at radius 3 is 2.45 bits per heavy atom. The number of alkyl halides is 3. The molecule has 0 atom stereocenters. The summed E-state index contributed by atoms with van der Waals surface area (Å²) in [5.41, 5.74) is 2.87. The zero-order valence-corrected chi connectivity index (χ0v) is 18.1. The summed E-state index contributed by atoms with van der Waals surface area (Å²) in [4.78, 5) is 8.63. The Kier molecular flexibility index (Phi) is 5.71. The molecule has 3 aromatic heterocycles. The molecule has 1 aromatic carbocycles. The van der Waals surface area contributed by atoms with E-state index in [1.165, 1.54) is 30.5 Å². The van der Waals surface area contributed by atoms with E-state index in [0.717, 1.165) is 11.3 Å². The van der Waals surface area contributed by atoms with Crippen molar-refractivity contribution >= 4 is 0 Å². The second kappa shape index (κ2) is 8.36. The van der Waals surface area contributed by atoms with Crippen LogP contribution in [-0.2, 0) is 12.1 Å². The molecule has 0 spiro atoms. The van der Waals surface area contributed by atoms with Crippen molar-refractivity contribution in [3.63, 3.8) is 0 Å². The highest BCUT2D eigenvalue weighted by molar-refractivity contribution is 5.62. The summed E-state index contributed by atoms with van der Waals surface area (Å²) in [6, 6.07) is 10.9. The average Bonchev–Trinajstić information content (AvgIpc) is 3.34. The van der Waals surface area contributed by atoms with Crippen LogP contribution in [0.4, 0.5) is 13.2 Å². The number of aryl methyl sites for hydroxylation is 1. The SMILES string of the molecule is Cc1cc(-c2nc(-c3ccc(OC(F)(F)F)cc3)co2)nn1Cc1ccnc(C(C)(C)O)c1. The molecular formula is C23H21F3N4O3. The fraction of sp³-hybridized carbons (Fsp3) is 0.261. The summed E-state index contributed by atoms with van der Waals surface area (Å²) < 4.78 is 48.2. The van der Waals surface area contributed by atoms with Crippen molar-refractivity contribution < 1.29 is 27.4 Å². The van der Waals surface area contributed by atoms with Crippen LogP contribution in [-0.4, -0.2) is 31.2 Å². The molecule has 0 aliphatic rings. The summed E-state index contributed by atoms with van der Waals surface area (Å²) >= 11 is 0. The molecule has 10 heteroatoms. The highest BCUT2D eigenvalue weighted by Crippen LogP contribution is 2.28. The molecule has 4 aromatic rings. The lowest BCUT2D eigenvalue weighted by molar-refractivity contribution is -0.274. The van der Waals surface area contributed by atoms with E-state index in [1.54, 1.807) is 24.7 Å². The lowest BCUT2D eigenvalue weighted by atomic mass is 10.0. The second-order valence-electron chi connectivity index (χ2n) is 8.05. The van der Waals surface area contributed by atoms with Crippen molar-refractivity contribution in [2.75, 3.05) is 0 Å². The van der Waals surface area contributed by atoms with Crippen LogP contribution in [0.15, 0.2) is 59.3 Å². The van der Waals surface area contributed by atoms with Gasteiger partial charge in [0.05, 0.1) is 12.2 Å². The number of nitrogens with zero attached hydrogens (tertiary/aromatic N) is 4. The van der Waals surface area contributed by atoms with Crippen LogP contribution in [0, 0.1) is 6.92 Å². The molecule has 0 saturated carbocycles. The predicted molar refractivity (Wildman–Crippen MR) is 113 cm³/mol. The minimum absolute atomic E-state index is 0.286. The number of pyridine rings is 1. The van der Waals surface area contributed by atoms with Gasteiger partial charge in [0.15, 0.2) is 0 Å². The van der Waals surface area contributed by atoms with Gasteiger partial charge in [0.2, 0.25) is 5.89 Å². The van der Waals surface area contributed by atoms with Gasteiger partial charge in [-0.1, -0.05) is 0 Å². The molecule has 0 aliphatic carbocycles.